The van der Waals surface area contributed by atoms with E-state index in [0.717, 1.165) is 0 Å². The third-order valence-electron chi connectivity index (χ3n) is 2.29. The molecule has 22 heavy (non-hydrogen) atoms. The average Bonchev–Trinajstić information content (AvgIpc) is 2.36. The second kappa shape index (κ2) is 6.96. The van der Waals surface area contributed by atoms with E-state index >= 15 is 0 Å². The van der Waals surface area contributed by atoms with Crippen molar-refractivity contribution in [3.63, 3.8) is 0 Å². The zero-order chi connectivity index (χ0) is 16.2. The standard InChI is InChI=1S/C13H13P.F6P.Ir/c1-14(12-8-4-2-5-9-12)13-10-6-3-7-11-13;1-7(2,3,4,5)6;/h2-11H,1H3;;/q;-1;+3. The summed E-state index contributed by atoms with van der Waals surface area (Å²) in [6, 6.07) is 21.4. The topological polar surface area (TPSA) is 0 Å². The molecule has 0 bridgehead atoms. The molecule has 0 nitrogen and oxygen atoms in total. The molecule has 0 aliphatic rings. The Morgan fingerprint density at radius 1 is 0.636 bits per heavy atom. The van der Waals surface area contributed by atoms with E-state index in [4.69, 9.17) is 0 Å². The van der Waals surface area contributed by atoms with Crippen LogP contribution in [0.4, 0.5) is 25.2 Å². The fraction of sp³-hybridized carbons (Fsp3) is 0.0769. The molecule has 0 saturated carbocycles. The van der Waals surface area contributed by atoms with Crippen LogP contribution in [0.5, 0.6) is 0 Å². The molecule has 124 valence electrons. The number of hydrogen-bond donors (Lipinski definition) is 0. The van der Waals surface area contributed by atoms with Crippen molar-refractivity contribution < 1.29 is 45.3 Å². The first-order chi connectivity index (χ1) is 9.33. The summed E-state index contributed by atoms with van der Waals surface area (Å²) in [5.41, 5.74) is 0. The Labute approximate surface area is 139 Å². The van der Waals surface area contributed by atoms with E-state index in [9.17, 15) is 25.2 Å². The molecule has 2 aromatic rings. The van der Waals surface area contributed by atoms with Crippen LogP contribution >= 0.6 is 15.7 Å². The number of rotatable bonds is 2. The quantitative estimate of drug-likeness (QED) is 0.320. The Hall–Kier alpha value is -0.471. The van der Waals surface area contributed by atoms with Gasteiger partial charge in [0.1, 0.15) is 0 Å². The molecule has 0 aliphatic heterocycles. The Kier molecular flexibility index (Phi) is 6.82. The van der Waals surface area contributed by atoms with Gasteiger partial charge in [-0.15, -0.1) is 0 Å². The molecule has 0 atom stereocenters. The van der Waals surface area contributed by atoms with Crippen LogP contribution in [0.15, 0.2) is 60.7 Å². The maximum Gasteiger partial charge on any atom is 3.00 e. The first-order valence-corrected chi connectivity index (χ1v) is 9.55. The minimum atomic E-state index is -10.7. The minimum Gasteiger partial charge on any atom is 3.00 e. The zero-order valence-corrected chi connectivity index (χ0v) is 15.5. The maximum atomic E-state index is 9.87. The van der Waals surface area contributed by atoms with Crippen LogP contribution < -0.4 is 10.6 Å². The predicted octanol–water partition coefficient (Wildman–Crippen LogP) is 6.13. The van der Waals surface area contributed by atoms with Gasteiger partial charge >= 0.3 is 53.1 Å². The molecule has 0 N–H and O–H groups in total. The van der Waals surface area contributed by atoms with Crippen molar-refractivity contribution in [2.75, 3.05) is 6.66 Å². The van der Waals surface area contributed by atoms with Crippen LogP contribution in [0, 0.1) is 0 Å². The molecule has 2 aromatic carbocycles. The number of halogens is 6. The van der Waals surface area contributed by atoms with Crippen molar-refractivity contribution in [3.05, 3.63) is 60.7 Å². The minimum absolute atomic E-state index is 0. The van der Waals surface area contributed by atoms with Crippen LogP contribution in [-0.4, -0.2) is 6.66 Å². The summed E-state index contributed by atoms with van der Waals surface area (Å²) < 4.78 is 59.2. The van der Waals surface area contributed by atoms with E-state index in [1.807, 2.05) is 0 Å². The van der Waals surface area contributed by atoms with Crippen molar-refractivity contribution in [2.45, 2.75) is 0 Å². The van der Waals surface area contributed by atoms with E-state index in [-0.39, 0.29) is 28.0 Å². The van der Waals surface area contributed by atoms with E-state index in [1.165, 1.54) is 10.6 Å². The van der Waals surface area contributed by atoms with Gasteiger partial charge < -0.3 is 0 Å². The van der Waals surface area contributed by atoms with Crippen molar-refractivity contribution in [3.8, 4) is 0 Å². The third kappa shape index (κ3) is 12.1. The van der Waals surface area contributed by atoms with Gasteiger partial charge in [-0.25, -0.2) is 0 Å². The van der Waals surface area contributed by atoms with Crippen LogP contribution in [0.1, 0.15) is 0 Å². The zero-order valence-electron chi connectivity index (χ0n) is 11.3. The van der Waals surface area contributed by atoms with Gasteiger partial charge in [0.25, 0.3) is 0 Å². The van der Waals surface area contributed by atoms with Crippen LogP contribution in [0.25, 0.3) is 0 Å². The van der Waals surface area contributed by atoms with E-state index in [1.54, 1.807) is 0 Å². The summed E-state index contributed by atoms with van der Waals surface area (Å²) in [5, 5.41) is 2.88. The Balaban J connectivity index is 0.000000478. The second-order valence-corrected chi connectivity index (χ2v) is 8.26. The first-order valence-electron chi connectivity index (χ1n) is 5.73. The Bertz CT molecular complexity index is 520. The summed E-state index contributed by atoms with van der Waals surface area (Å²) in [6.45, 7) is 2.31. The molecular weight excluding hydrogens is 524 g/mol. The fourth-order valence-electron chi connectivity index (χ4n) is 1.45. The van der Waals surface area contributed by atoms with Crippen molar-refractivity contribution in [1.29, 1.82) is 0 Å². The van der Waals surface area contributed by atoms with Gasteiger partial charge in [-0.2, -0.15) is 0 Å². The molecule has 0 amide bonds. The van der Waals surface area contributed by atoms with Gasteiger partial charge in [-0.1, -0.05) is 60.7 Å². The van der Waals surface area contributed by atoms with Crippen LogP contribution in [0.2, 0.25) is 0 Å². The Morgan fingerprint density at radius 2 is 0.864 bits per heavy atom. The summed E-state index contributed by atoms with van der Waals surface area (Å²) >= 11 is 0. The third-order valence-corrected chi connectivity index (χ3v) is 4.43. The molecule has 0 saturated heterocycles. The molecule has 0 aliphatic carbocycles. The smallest absolute Gasteiger partial charge is 3.00 e. The Morgan fingerprint density at radius 3 is 1.09 bits per heavy atom. The molecular formula is C13H13F6IrP2+2. The molecule has 9 heteroatoms. The monoisotopic (exact) mass is 538 g/mol. The van der Waals surface area contributed by atoms with Gasteiger partial charge in [-0.05, 0) is 25.2 Å². The van der Waals surface area contributed by atoms with Crippen LogP contribution in [-0.2, 0) is 20.1 Å². The molecule has 0 fully saturated rings. The largest absolute Gasteiger partial charge is 3.00 e. The fourth-order valence-corrected chi connectivity index (χ4v) is 2.99. The molecule has 0 radical (unpaired) electrons. The molecule has 0 heterocycles. The summed E-state index contributed by atoms with van der Waals surface area (Å²) in [6.07, 6.45) is 0. The maximum absolute atomic E-state index is 10.7. The van der Waals surface area contributed by atoms with Gasteiger partial charge in [-0.3, -0.25) is 0 Å². The molecule has 0 spiro atoms. The van der Waals surface area contributed by atoms with E-state index in [2.05, 4.69) is 67.3 Å². The van der Waals surface area contributed by atoms with Gasteiger partial charge in [0.15, 0.2) is 0 Å². The molecule has 0 unspecified atom stereocenters. The predicted molar refractivity (Wildman–Crippen MR) is 78.6 cm³/mol. The van der Waals surface area contributed by atoms with Crippen molar-refractivity contribution in [1.82, 2.24) is 0 Å². The van der Waals surface area contributed by atoms with Crippen molar-refractivity contribution in [2.24, 2.45) is 0 Å². The molecule has 0 aromatic heterocycles. The average molecular weight is 537 g/mol. The normalized spacial score (nSPS) is 14.0. The summed E-state index contributed by atoms with van der Waals surface area (Å²) in [5.74, 6) is 0. The summed E-state index contributed by atoms with van der Waals surface area (Å²) in [4.78, 5) is 0. The van der Waals surface area contributed by atoms with E-state index in [0.29, 0.717) is 0 Å². The van der Waals surface area contributed by atoms with E-state index < -0.39 is 7.81 Å². The van der Waals surface area contributed by atoms with Gasteiger partial charge in [0.05, 0.1) is 0 Å². The first kappa shape index (κ1) is 21.5. The number of hydrogen-bond acceptors (Lipinski definition) is 0. The van der Waals surface area contributed by atoms with Crippen LogP contribution in [0.3, 0.4) is 0 Å². The van der Waals surface area contributed by atoms with Gasteiger partial charge in [0.2, 0.25) is 0 Å². The molecule has 2 rings (SSSR count). The van der Waals surface area contributed by atoms with Crippen molar-refractivity contribution >= 4 is 26.3 Å². The second-order valence-electron chi connectivity index (χ2n) is 4.19. The number of benzene rings is 2. The van der Waals surface area contributed by atoms with Gasteiger partial charge in [0, 0.05) is 0 Å². The SMILES string of the molecule is CP(c1ccccc1)c1ccccc1.F[P-](F)(F)(F)(F)F.[Ir+3]. The summed E-state index contributed by atoms with van der Waals surface area (Å²) in [7, 11) is -10.8.